The van der Waals surface area contributed by atoms with Crippen LogP contribution in [-0.4, -0.2) is 35.6 Å². The second kappa shape index (κ2) is 12.4. The van der Waals surface area contributed by atoms with Crippen molar-refractivity contribution >= 4 is 40.6 Å². The van der Waals surface area contributed by atoms with E-state index in [0.717, 1.165) is 37.2 Å². The Hall–Kier alpha value is -1.33. The van der Waals surface area contributed by atoms with Gasteiger partial charge in [-0.25, -0.2) is 0 Å². The highest BCUT2D eigenvalue weighted by Crippen LogP contribution is 2.21. The topological polar surface area (TPSA) is 39.7 Å². The van der Waals surface area contributed by atoms with E-state index in [9.17, 15) is 0 Å². The van der Waals surface area contributed by atoms with Crippen molar-refractivity contribution in [1.82, 2.24) is 10.2 Å². The number of guanidine groups is 1. The average Bonchev–Trinajstić information content (AvgIpc) is 3.16. The lowest BCUT2D eigenvalue weighted by Crippen LogP contribution is -2.45. The molecule has 1 aliphatic carbocycles. The van der Waals surface area contributed by atoms with E-state index < -0.39 is 0 Å². The first kappa shape index (κ1) is 22.4. The Kier molecular flexibility index (Phi) is 9.55. The van der Waals surface area contributed by atoms with Crippen LogP contribution in [0.25, 0.3) is 0 Å². The standard InChI is InChI=1S/C23H35ClN4S/c24-20-13-10-14-21(17-20)27-23(29)28-16-15-25-22(28)26-18-19-11-8-6-4-2-1-3-5-7-9-12-19/h10,13-14,17,19H,1-9,11-12,15-16,18H2,(H,25,26)(H,27,29). The van der Waals surface area contributed by atoms with Gasteiger partial charge in [-0.15, -0.1) is 0 Å². The predicted molar refractivity (Wildman–Crippen MR) is 129 cm³/mol. The van der Waals surface area contributed by atoms with Gasteiger partial charge in [-0.2, -0.15) is 0 Å². The van der Waals surface area contributed by atoms with Crippen LogP contribution in [0.1, 0.15) is 70.6 Å². The Bertz CT molecular complexity index is 667. The summed E-state index contributed by atoms with van der Waals surface area (Å²) >= 11 is 11.7. The molecule has 29 heavy (non-hydrogen) atoms. The van der Waals surface area contributed by atoms with Crippen LogP contribution in [0.2, 0.25) is 5.02 Å². The summed E-state index contributed by atoms with van der Waals surface area (Å²) in [4.78, 5) is 6.74. The molecule has 4 nitrogen and oxygen atoms in total. The second-order valence-electron chi connectivity index (χ2n) is 8.30. The summed E-state index contributed by atoms with van der Waals surface area (Å²) in [5, 5.41) is 8.28. The molecule has 1 aromatic carbocycles. The third kappa shape index (κ3) is 7.78. The third-order valence-corrected chi connectivity index (χ3v) is 6.49. The van der Waals surface area contributed by atoms with Crippen LogP contribution < -0.4 is 10.6 Å². The highest BCUT2D eigenvalue weighted by atomic mass is 35.5. The summed E-state index contributed by atoms with van der Waals surface area (Å²) in [5.74, 6) is 1.64. The van der Waals surface area contributed by atoms with Crippen molar-refractivity contribution in [3.05, 3.63) is 29.3 Å². The molecule has 0 radical (unpaired) electrons. The molecular formula is C23H35ClN4S. The van der Waals surface area contributed by atoms with E-state index in [1.807, 2.05) is 24.3 Å². The molecular weight excluding hydrogens is 400 g/mol. The summed E-state index contributed by atoms with van der Waals surface area (Å²) in [6.07, 6.45) is 15.2. The number of nitrogens with one attached hydrogen (secondary N) is 2. The van der Waals surface area contributed by atoms with Crippen molar-refractivity contribution in [2.75, 3.05) is 25.0 Å². The van der Waals surface area contributed by atoms with Crippen LogP contribution >= 0.6 is 23.8 Å². The number of anilines is 1. The lowest BCUT2D eigenvalue weighted by Gasteiger charge is -2.25. The van der Waals surface area contributed by atoms with Gasteiger partial charge in [0.15, 0.2) is 11.1 Å². The molecule has 2 N–H and O–H groups in total. The third-order valence-electron chi connectivity index (χ3n) is 5.94. The number of thiocarbonyl (C=S) groups is 1. The van der Waals surface area contributed by atoms with Crippen molar-refractivity contribution in [3.63, 3.8) is 0 Å². The van der Waals surface area contributed by atoms with Gasteiger partial charge in [0.25, 0.3) is 0 Å². The van der Waals surface area contributed by atoms with Crippen LogP contribution in [-0.2, 0) is 0 Å². The number of rotatable bonds is 3. The normalized spacial score (nSPS) is 19.8. The fourth-order valence-electron chi connectivity index (χ4n) is 4.24. The number of hydrogen-bond donors (Lipinski definition) is 2. The Morgan fingerprint density at radius 2 is 1.69 bits per heavy atom. The fourth-order valence-corrected chi connectivity index (χ4v) is 4.73. The van der Waals surface area contributed by atoms with Gasteiger partial charge >= 0.3 is 0 Å². The lowest BCUT2D eigenvalue weighted by molar-refractivity contribution is 0.389. The molecule has 0 amide bonds. The van der Waals surface area contributed by atoms with E-state index >= 15 is 0 Å². The van der Waals surface area contributed by atoms with Crippen LogP contribution in [0, 0.1) is 5.92 Å². The van der Waals surface area contributed by atoms with E-state index in [-0.39, 0.29) is 0 Å². The number of aliphatic imine (C=N–C) groups is 1. The molecule has 1 saturated carbocycles. The Labute approximate surface area is 186 Å². The molecule has 6 heteroatoms. The van der Waals surface area contributed by atoms with Gasteiger partial charge in [0, 0.05) is 23.8 Å². The molecule has 0 bridgehead atoms. The van der Waals surface area contributed by atoms with Crippen molar-refractivity contribution < 1.29 is 0 Å². The van der Waals surface area contributed by atoms with Gasteiger partial charge < -0.3 is 10.6 Å². The smallest absolute Gasteiger partial charge is 0.200 e. The van der Waals surface area contributed by atoms with Crippen LogP contribution in [0.3, 0.4) is 0 Å². The Morgan fingerprint density at radius 1 is 1.03 bits per heavy atom. The molecule has 0 unspecified atom stereocenters. The summed E-state index contributed by atoms with van der Waals surface area (Å²) in [7, 11) is 0. The first-order valence-corrected chi connectivity index (χ1v) is 12.1. The summed E-state index contributed by atoms with van der Waals surface area (Å²) < 4.78 is 0. The highest BCUT2D eigenvalue weighted by molar-refractivity contribution is 7.80. The largest absolute Gasteiger partial charge is 0.356 e. The average molecular weight is 435 g/mol. The van der Waals surface area contributed by atoms with Crippen molar-refractivity contribution in [2.45, 2.75) is 70.6 Å². The SMILES string of the molecule is S=C(Nc1cccc(Cl)c1)N1CCN=C1NCC1CCCCCCCCCCC1. The summed E-state index contributed by atoms with van der Waals surface area (Å²) in [5.41, 5.74) is 0.910. The minimum atomic E-state index is 0.676. The van der Waals surface area contributed by atoms with Gasteiger partial charge in [-0.1, -0.05) is 75.5 Å². The maximum absolute atomic E-state index is 6.09. The molecule has 160 valence electrons. The second-order valence-corrected chi connectivity index (χ2v) is 9.13. The molecule has 1 aromatic rings. The maximum Gasteiger partial charge on any atom is 0.200 e. The van der Waals surface area contributed by atoms with Gasteiger partial charge in [0.2, 0.25) is 0 Å². The van der Waals surface area contributed by atoms with E-state index in [4.69, 9.17) is 23.8 Å². The Balaban J connectivity index is 1.49. The highest BCUT2D eigenvalue weighted by Gasteiger charge is 2.22. The predicted octanol–water partition coefficient (Wildman–Crippen LogP) is 6.22. The number of halogens is 1. The van der Waals surface area contributed by atoms with Crippen LogP contribution in [0.4, 0.5) is 5.69 Å². The zero-order chi connectivity index (χ0) is 20.3. The molecule has 0 atom stereocenters. The molecule has 1 heterocycles. The van der Waals surface area contributed by atoms with E-state index in [0.29, 0.717) is 10.1 Å². The van der Waals surface area contributed by atoms with E-state index in [1.165, 1.54) is 70.6 Å². The molecule has 1 aliphatic heterocycles. The van der Waals surface area contributed by atoms with Crippen molar-refractivity contribution in [1.29, 1.82) is 0 Å². The monoisotopic (exact) mass is 434 g/mol. The minimum Gasteiger partial charge on any atom is -0.356 e. The van der Waals surface area contributed by atoms with Gasteiger partial charge in [-0.3, -0.25) is 9.89 Å². The van der Waals surface area contributed by atoms with E-state index in [2.05, 4.69) is 20.5 Å². The first-order chi connectivity index (χ1) is 14.2. The fraction of sp³-hybridized carbons (Fsp3) is 0.652. The number of hydrogen-bond acceptors (Lipinski definition) is 3. The van der Waals surface area contributed by atoms with Gasteiger partial charge in [0.1, 0.15) is 0 Å². The zero-order valence-electron chi connectivity index (χ0n) is 17.5. The first-order valence-electron chi connectivity index (χ1n) is 11.3. The van der Waals surface area contributed by atoms with E-state index in [1.54, 1.807) is 0 Å². The zero-order valence-corrected chi connectivity index (χ0v) is 19.0. The van der Waals surface area contributed by atoms with Gasteiger partial charge in [0.05, 0.1) is 6.54 Å². The Morgan fingerprint density at radius 3 is 2.34 bits per heavy atom. The summed E-state index contributed by atoms with van der Waals surface area (Å²) in [6.45, 7) is 2.60. The quantitative estimate of drug-likeness (QED) is 0.554. The van der Waals surface area contributed by atoms with Crippen LogP contribution in [0.5, 0.6) is 0 Å². The maximum atomic E-state index is 6.09. The molecule has 1 fully saturated rings. The lowest BCUT2D eigenvalue weighted by atomic mass is 9.93. The molecule has 2 aliphatic rings. The summed E-state index contributed by atoms with van der Waals surface area (Å²) in [6, 6.07) is 7.65. The molecule has 0 aromatic heterocycles. The van der Waals surface area contributed by atoms with Crippen molar-refractivity contribution in [3.8, 4) is 0 Å². The van der Waals surface area contributed by atoms with Crippen molar-refractivity contribution in [2.24, 2.45) is 10.9 Å². The molecule has 0 saturated heterocycles. The molecule has 0 spiro atoms. The number of nitrogens with zero attached hydrogens (tertiary/aromatic N) is 2. The minimum absolute atomic E-state index is 0.676. The van der Waals surface area contributed by atoms with Crippen LogP contribution in [0.15, 0.2) is 29.3 Å². The van der Waals surface area contributed by atoms with Gasteiger partial charge in [-0.05, 0) is 49.2 Å². The molecule has 3 rings (SSSR count). The number of benzene rings is 1.